The number of esters is 1. The van der Waals surface area contributed by atoms with Crippen molar-refractivity contribution in [2.45, 2.75) is 47.5 Å². The second-order valence-corrected chi connectivity index (χ2v) is 11.1. The molecule has 0 amide bonds. The number of carbonyl (C=O) groups is 1. The van der Waals surface area contributed by atoms with Crippen molar-refractivity contribution in [2.24, 2.45) is 5.41 Å². The highest BCUT2D eigenvalue weighted by atomic mass is 32.2. The van der Waals surface area contributed by atoms with E-state index in [2.05, 4.69) is 72.0 Å². The summed E-state index contributed by atoms with van der Waals surface area (Å²) < 4.78 is 11.0. The van der Waals surface area contributed by atoms with Gasteiger partial charge in [-0.3, -0.25) is 4.79 Å². The van der Waals surface area contributed by atoms with Gasteiger partial charge < -0.3 is 14.5 Å². The van der Waals surface area contributed by atoms with Gasteiger partial charge in [0.1, 0.15) is 5.75 Å². The summed E-state index contributed by atoms with van der Waals surface area (Å²) in [5.41, 5.74) is 4.54. The summed E-state index contributed by atoms with van der Waals surface area (Å²) in [7, 11) is 3.26. The monoisotopic (exact) mass is 459 g/mol. The lowest BCUT2D eigenvalue weighted by atomic mass is 9.46. The Morgan fingerprint density at radius 3 is 2.61 bits per heavy atom. The van der Waals surface area contributed by atoms with Crippen LogP contribution in [-0.2, 0) is 21.4 Å². The first kappa shape index (κ1) is 20.9. The largest absolute Gasteiger partial charge is 0.497 e. The molecular formula is C28H29NO3S. The zero-order valence-electron chi connectivity index (χ0n) is 19.0. The molecule has 5 unspecified atom stereocenters. The number of rotatable bonds is 5. The molecule has 2 aromatic carbocycles. The van der Waals surface area contributed by atoms with Gasteiger partial charge in [0.25, 0.3) is 0 Å². The Labute approximate surface area is 199 Å². The van der Waals surface area contributed by atoms with Crippen LogP contribution in [0.15, 0.2) is 67.0 Å². The Balaban J connectivity index is 1.51. The molecule has 0 radical (unpaired) electrons. The van der Waals surface area contributed by atoms with Crippen LogP contribution in [-0.4, -0.2) is 35.7 Å². The maximum Gasteiger partial charge on any atom is 0.313 e. The van der Waals surface area contributed by atoms with Gasteiger partial charge in [-0.15, -0.1) is 0 Å². The van der Waals surface area contributed by atoms with Crippen molar-refractivity contribution in [2.75, 3.05) is 14.2 Å². The van der Waals surface area contributed by atoms with Crippen LogP contribution in [0.5, 0.6) is 5.75 Å². The molecule has 2 fully saturated rings. The van der Waals surface area contributed by atoms with E-state index in [4.69, 9.17) is 9.47 Å². The highest BCUT2D eigenvalue weighted by molar-refractivity contribution is 8.01. The molecule has 3 aliphatic carbocycles. The third kappa shape index (κ3) is 2.81. The molecule has 2 bridgehead atoms. The van der Waals surface area contributed by atoms with E-state index < -0.39 is 5.41 Å². The summed E-state index contributed by atoms with van der Waals surface area (Å²) in [6, 6.07) is 19.2. The Hall–Kier alpha value is -2.66. The number of aromatic nitrogens is 1. The number of carbonyl (C=O) groups excluding carboxylic acids is 1. The average molecular weight is 460 g/mol. The number of thioether (sulfide) groups is 1. The van der Waals surface area contributed by atoms with E-state index in [0.29, 0.717) is 5.25 Å². The zero-order chi connectivity index (χ0) is 22.6. The normalized spacial score (nSPS) is 31.6. The summed E-state index contributed by atoms with van der Waals surface area (Å²) in [4.78, 5) is 17.1. The fraction of sp³-hybridized carbons (Fsp3) is 0.393. The molecule has 1 aliphatic heterocycles. The molecule has 1 saturated carbocycles. The van der Waals surface area contributed by atoms with Gasteiger partial charge in [-0.05, 0) is 60.1 Å². The Bertz CT molecular complexity index is 1170. The molecule has 1 saturated heterocycles. The van der Waals surface area contributed by atoms with Gasteiger partial charge in [0.2, 0.25) is 0 Å². The number of hydrogen-bond donors (Lipinski definition) is 1. The zero-order valence-corrected chi connectivity index (χ0v) is 19.9. The van der Waals surface area contributed by atoms with Crippen molar-refractivity contribution < 1.29 is 14.3 Å². The van der Waals surface area contributed by atoms with Crippen molar-refractivity contribution in [1.82, 2.24) is 4.98 Å². The minimum Gasteiger partial charge on any atom is -0.497 e. The Morgan fingerprint density at radius 2 is 1.88 bits per heavy atom. The average Bonchev–Trinajstić information content (AvgIpc) is 3.52. The molecule has 5 heteroatoms. The van der Waals surface area contributed by atoms with Crippen molar-refractivity contribution >= 4 is 17.7 Å². The van der Waals surface area contributed by atoms with E-state index in [1.54, 1.807) is 14.2 Å². The molecule has 3 aromatic rings. The van der Waals surface area contributed by atoms with E-state index in [1.165, 1.54) is 22.3 Å². The molecular weight excluding hydrogens is 430 g/mol. The minimum atomic E-state index is -0.508. The highest BCUT2D eigenvalue weighted by Gasteiger charge is 2.71. The van der Waals surface area contributed by atoms with Gasteiger partial charge in [-0.25, -0.2) is 0 Å². The molecule has 170 valence electrons. The van der Waals surface area contributed by atoms with Gasteiger partial charge in [0.05, 0.1) is 19.6 Å². The van der Waals surface area contributed by atoms with Crippen LogP contribution in [0.25, 0.3) is 0 Å². The second kappa shape index (κ2) is 7.69. The van der Waals surface area contributed by atoms with Gasteiger partial charge in [-0.1, -0.05) is 42.5 Å². The number of fused-ring (bicyclic) bond motifs is 1. The predicted octanol–water partition coefficient (Wildman–Crippen LogP) is 5.48. The first-order chi connectivity index (χ1) is 16.1. The Morgan fingerprint density at radius 1 is 1.09 bits per heavy atom. The van der Waals surface area contributed by atoms with Crippen LogP contribution in [0.3, 0.4) is 0 Å². The van der Waals surface area contributed by atoms with Crippen molar-refractivity contribution in [3.8, 4) is 5.75 Å². The molecule has 33 heavy (non-hydrogen) atoms. The predicted molar refractivity (Wildman–Crippen MR) is 131 cm³/mol. The summed E-state index contributed by atoms with van der Waals surface area (Å²) in [6.07, 6.45) is 8.19. The van der Waals surface area contributed by atoms with E-state index >= 15 is 0 Å². The lowest BCUT2D eigenvalue weighted by molar-refractivity contribution is -0.158. The summed E-state index contributed by atoms with van der Waals surface area (Å²) in [6.45, 7) is 0. The van der Waals surface area contributed by atoms with Crippen molar-refractivity contribution in [1.29, 1.82) is 0 Å². The Kier molecular flexibility index (Phi) is 4.88. The molecule has 1 N–H and O–H groups in total. The van der Waals surface area contributed by atoms with Crippen LogP contribution in [0.2, 0.25) is 0 Å². The molecule has 4 nitrogen and oxygen atoms in total. The molecule has 4 aliphatic rings. The second-order valence-electron chi connectivity index (χ2n) is 9.68. The third-order valence-corrected chi connectivity index (χ3v) is 10.2. The van der Waals surface area contributed by atoms with Crippen molar-refractivity contribution in [3.63, 3.8) is 0 Å². The highest BCUT2D eigenvalue weighted by Crippen LogP contribution is 2.72. The standard InChI is InChI=1S/C28H29NO3S/c1-31-20-10-8-19(9-11-20)27-13-12-23(22-16-29-17-24(22)27)28(26(30)32-2)15-21(33-25(27)28)14-18-6-4-3-5-7-18/h3-11,16-17,21,23,25,29H,12-15H2,1-2H3. The van der Waals surface area contributed by atoms with Gasteiger partial charge >= 0.3 is 5.97 Å². The van der Waals surface area contributed by atoms with E-state index in [1.807, 2.05) is 11.8 Å². The van der Waals surface area contributed by atoms with Gasteiger partial charge in [0, 0.05) is 34.2 Å². The number of benzene rings is 2. The van der Waals surface area contributed by atoms with Crippen LogP contribution in [0.4, 0.5) is 0 Å². The maximum absolute atomic E-state index is 13.7. The van der Waals surface area contributed by atoms with Crippen molar-refractivity contribution in [3.05, 3.63) is 89.2 Å². The van der Waals surface area contributed by atoms with E-state index in [-0.39, 0.29) is 22.6 Å². The molecule has 0 spiro atoms. The summed E-state index contributed by atoms with van der Waals surface area (Å²) in [5, 5.41) is 0.518. The van der Waals surface area contributed by atoms with Gasteiger partial charge in [0.15, 0.2) is 0 Å². The van der Waals surface area contributed by atoms with Crippen LogP contribution < -0.4 is 4.74 Å². The number of methoxy groups -OCH3 is 2. The molecule has 2 heterocycles. The first-order valence-electron chi connectivity index (χ1n) is 11.7. The fourth-order valence-electron chi connectivity index (χ4n) is 7.11. The summed E-state index contributed by atoms with van der Waals surface area (Å²) >= 11 is 2.02. The lowest BCUT2D eigenvalue weighted by Gasteiger charge is -2.58. The number of hydrogen-bond acceptors (Lipinski definition) is 4. The molecule has 1 aromatic heterocycles. The van der Waals surface area contributed by atoms with Gasteiger partial charge in [-0.2, -0.15) is 11.8 Å². The summed E-state index contributed by atoms with van der Waals surface area (Å²) in [5.74, 6) is 1.02. The fourth-order valence-corrected chi connectivity index (χ4v) is 9.36. The quantitative estimate of drug-likeness (QED) is 0.514. The van der Waals surface area contributed by atoms with Crippen LogP contribution in [0, 0.1) is 5.41 Å². The smallest absolute Gasteiger partial charge is 0.313 e. The number of ether oxygens (including phenoxy) is 2. The topological polar surface area (TPSA) is 51.3 Å². The molecule has 5 atom stereocenters. The first-order valence-corrected chi connectivity index (χ1v) is 12.7. The van der Waals surface area contributed by atoms with E-state index in [9.17, 15) is 4.79 Å². The maximum atomic E-state index is 13.7. The molecule has 7 rings (SSSR count). The SMILES string of the molecule is COC(=O)C12CC(Cc3ccccc3)SC1C1(c3ccc(OC)cc3)CCC2c2c[nH]cc21. The van der Waals surface area contributed by atoms with E-state index in [0.717, 1.165) is 31.4 Å². The number of H-pyrrole nitrogens is 1. The number of nitrogens with one attached hydrogen (secondary N) is 1. The number of aromatic amines is 1. The van der Waals surface area contributed by atoms with Crippen LogP contribution >= 0.6 is 11.8 Å². The third-order valence-electron chi connectivity index (χ3n) is 8.37. The lowest BCUT2D eigenvalue weighted by Crippen LogP contribution is -2.60. The van der Waals surface area contributed by atoms with Crippen LogP contribution in [0.1, 0.15) is 47.4 Å². The minimum absolute atomic E-state index is 0.0370.